The zero-order chi connectivity index (χ0) is 17.0. The third-order valence-corrected chi connectivity index (χ3v) is 4.90. The molecule has 1 saturated heterocycles. The number of halogens is 1. The molecule has 0 bridgehead atoms. The second-order valence-corrected chi connectivity index (χ2v) is 7.38. The lowest BCUT2D eigenvalue weighted by atomic mass is 10.0. The molecule has 1 aromatic carbocycles. The Bertz CT molecular complexity index is 559. The highest BCUT2D eigenvalue weighted by molar-refractivity contribution is 6.32. The molecule has 0 saturated carbocycles. The molecule has 5 nitrogen and oxygen atoms in total. The van der Waals surface area contributed by atoms with Gasteiger partial charge in [-0.25, -0.2) is 0 Å². The van der Waals surface area contributed by atoms with Crippen molar-refractivity contribution in [1.29, 1.82) is 0 Å². The van der Waals surface area contributed by atoms with Gasteiger partial charge >= 0.3 is 0 Å². The number of nitrogens with zero attached hydrogens (tertiary/aromatic N) is 1. The van der Waals surface area contributed by atoms with E-state index in [0.717, 1.165) is 57.1 Å². The van der Waals surface area contributed by atoms with Crippen molar-refractivity contribution in [2.45, 2.75) is 32.4 Å². The fourth-order valence-corrected chi connectivity index (χ4v) is 3.47. The zero-order valence-corrected chi connectivity index (χ0v) is 15.3. The average Bonchev–Trinajstić information content (AvgIpc) is 2.81. The normalized spacial score (nSPS) is 19.1. The number of rotatable bonds is 5. The maximum Gasteiger partial charge on any atom is 0.179 e. The quantitative estimate of drug-likeness (QED) is 0.880. The molecule has 0 aliphatic carbocycles. The fraction of sp³-hybridized carbons (Fsp3) is 0.667. The first-order valence-electron chi connectivity index (χ1n) is 8.68. The molecule has 0 radical (unpaired) electrons. The molecule has 0 atom stereocenters. The summed E-state index contributed by atoms with van der Waals surface area (Å²) in [6, 6.07) is 3.99. The Hall–Kier alpha value is -1.01. The molecular weight excluding hydrogens is 328 g/mol. The Morgan fingerprint density at radius 1 is 1.12 bits per heavy atom. The van der Waals surface area contributed by atoms with Crippen LogP contribution in [0.15, 0.2) is 12.1 Å². The van der Waals surface area contributed by atoms with Crippen LogP contribution in [-0.2, 0) is 11.3 Å². The van der Waals surface area contributed by atoms with Crippen LogP contribution >= 0.6 is 11.6 Å². The molecule has 24 heavy (non-hydrogen) atoms. The Morgan fingerprint density at radius 3 is 2.67 bits per heavy atom. The van der Waals surface area contributed by atoms with Gasteiger partial charge in [0.1, 0.15) is 0 Å². The Balaban J connectivity index is 1.58. The number of ether oxygens (including phenoxy) is 3. The lowest BCUT2D eigenvalue weighted by Crippen LogP contribution is -2.54. The molecule has 0 aromatic heterocycles. The minimum absolute atomic E-state index is 0.0961. The number of fused-ring (bicyclic) bond motifs is 1. The molecule has 134 valence electrons. The molecule has 2 heterocycles. The van der Waals surface area contributed by atoms with E-state index >= 15 is 0 Å². The Kier molecular flexibility index (Phi) is 5.87. The Labute approximate surface area is 149 Å². The first kappa shape index (κ1) is 17.8. The average molecular weight is 355 g/mol. The van der Waals surface area contributed by atoms with Gasteiger partial charge in [0.25, 0.3) is 0 Å². The maximum absolute atomic E-state index is 6.36. The lowest BCUT2D eigenvalue weighted by molar-refractivity contribution is -0.00967. The van der Waals surface area contributed by atoms with E-state index < -0.39 is 0 Å². The first-order valence-corrected chi connectivity index (χ1v) is 9.05. The molecule has 1 N–H and O–H groups in total. The van der Waals surface area contributed by atoms with Crippen LogP contribution < -0.4 is 14.8 Å². The van der Waals surface area contributed by atoms with Gasteiger partial charge in [-0.3, -0.25) is 4.90 Å². The van der Waals surface area contributed by atoms with Crippen LogP contribution in [0.1, 0.15) is 25.8 Å². The largest absolute Gasteiger partial charge is 0.489 e. The molecule has 1 aromatic rings. The van der Waals surface area contributed by atoms with Gasteiger partial charge in [0, 0.05) is 38.1 Å². The third-order valence-electron chi connectivity index (χ3n) is 4.62. The van der Waals surface area contributed by atoms with Gasteiger partial charge in [0.05, 0.1) is 31.5 Å². The number of morpholine rings is 1. The van der Waals surface area contributed by atoms with Crippen molar-refractivity contribution in [2.24, 2.45) is 0 Å². The molecule has 1 fully saturated rings. The van der Waals surface area contributed by atoms with Crippen LogP contribution in [-0.4, -0.2) is 56.5 Å². The van der Waals surface area contributed by atoms with Crippen LogP contribution in [0, 0.1) is 0 Å². The molecule has 0 amide bonds. The summed E-state index contributed by atoms with van der Waals surface area (Å²) < 4.78 is 16.9. The van der Waals surface area contributed by atoms with E-state index in [-0.39, 0.29) is 5.54 Å². The number of benzene rings is 1. The van der Waals surface area contributed by atoms with Crippen molar-refractivity contribution in [2.75, 3.05) is 46.1 Å². The minimum atomic E-state index is 0.0961. The van der Waals surface area contributed by atoms with E-state index in [1.54, 1.807) is 0 Å². The van der Waals surface area contributed by atoms with Gasteiger partial charge < -0.3 is 19.5 Å². The van der Waals surface area contributed by atoms with E-state index in [2.05, 4.69) is 24.1 Å². The van der Waals surface area contributed by atoms with Crippen molar-refractivity contribution in [1.82, 2.24) is 10.2 Å². The summed E-state index contributed by atoms with van der Waals surface area (Å²) in [4.78, 5) is 2.48. The second-order valence-electron chi connectivity index (χ2n) is 6.97. The highest BCUT2D eigenvalue weighted by Crippen LogP contribution is 2.37. The fourth-order valence-electron chi connectivity index (χ4n) is 3.18. The number of hydrogen-bond acceptors (Lipinski definition) is 5. The van der Waals surface area contributed by atoms with E-state index in [4.69, 9.17) is 25.8 Å². The minimum Gasteiger partial charge on any atom is -0.489 e. The summed E-state index contributed by atoms with van der Waals surface area (Å²) >= 11 is 6.36. The van der Waals surface area contributed by atoms with Gasteiger partial charge in [-0.15, -0.1) is 0 Å². The molecule has 6 heteroatoms. The summed E-state index contributed by atoms with van der Waals surface area (Å²) in [5.74, 6) is 1.43. The van der Waals surface area contributed by atoms with Crippen LogP contribution in [0.2, 0.25) is 5.02 Å². The number of hydrogen-bond donors (Lipinski definition) is 1. The highest BCUT2D eigenvalue weighted by atomic mass is 35.5. The molecular formula is C18H27ClN2O3. The highest BCUT2D eigenvalue weighted by Gasteiger charge is 2.27. The van der Waals surface area contributed by atoms with Gasteiger partial charge in [-0.1, -0.05) is 11.6 Å². The van der Waals surface area contributed by atoms with Crippen molar-refractivity contribution < 1.29 is 14.2 Å². The summed E-state index contributed by atoms with van der Waals surface area (Å²) in [6.45, 7) is 11.1. The van der Waals surface area contributed by atoms with Crippen LogP contribution in [0.4, 0.5) is 0 Å². The lowest BCUT2D eigenvalue weighted by Gasteiger charge is -2.41. The third kappa shape index (κ3) is 4.33. The predicted octanol–water partition coefficient (Wildman–Crippen LogP) is 2.70. The monoisotopic (exact) mass is 354 g/mol. The van der Waals surface area contributed by atoms with Crippen LogP contribution in [0.5, 0.6) is 11.5 Å². The van der Waals surface area contributed by atoms with E-state index in [1.165, 1.54) is 0 Å². The van der Waals surface area contributed by atoms with Gasteiger partial charge in [-0.05, 0) is 31.5 Å². The SMILES string of the molecule is CC(C)(CNCc1cc(Cl)c2c(c1)OCCCO2)N1CCOCC1. The summed E-state index contributed by atoms with van der Waals surface area (Å²) in [6.07, 6.45) is 0.881. The molecule has 2 aliphatic rings. The second kappa shape index (κ2) is 7.91. The molecule has 3 rings (SSSR count). The standard InChI is InChI=1S/C18H27ClN2O3/c1-18(2,21-4-8-22-9-5-21)13-20-12-14-10-15(19)17-16(11-14)23-6-3-7-24-17/h10-11,20H,3-9,12-13H2,1-2H3. The van der Waals surface area contributed by atoms with Gasteiger partial charge in [0.2, 0.25) is 0 Å². The van der Waals surface area contributed by atoms with E-state index in [0.29, 0.717) is 24.0 Å². The van der Waals surface area contributed by atoms with E-state index in [9.17, 15) is 0 Å². The van der Waals surface area contributed by atoms with Gasteiger partial charge in [-0.2, -0.15) is 0 Å². The summed E-state index contributed by atoms with van der Waals surface area (Å²) in [5.41, 5.74) is 1.21. The zero-order valence-electron chi connectivity index (χ0n) is 14.6. The van der Waals surface area contributed by atoms with Crippen molar-refractivity contribution in [3.8, 4) is 11.5 Å². The van der Waals surface area contributed by atoms with E-state index in [1.807, 2.05) is 12.1 Å². The summed E-state index contributed by atoms with van der Waals surface area (Å²) in [5, 5.41) is 4.18. The van der Waals surface area contributed by atoms with Crippen molar-refractivity contribution >= 4 is 11.6 Å². The van der Waals surface area contributed by atoms with Gasteiger partial charge in [0.15, 0.2) is 11.5 Å². The summed E-state index contributed by atoms with van der Waals surface area (Å²) in [7, 11) is 0. The van der Waals surface area contributed by atoms with Crippen LogP contribution in [0.3, 0.4) is 0 Å². The van der Waals surface area contributed by atoms with Crippen molar-refractivity contribution in [3.05, 3.63) is 22.7 Å². The topological polar surface area (TPSA) is 43.0 Å². The smallest absolute Gasteiger partial charge is 0.179 e. The molecule has 2 aliphatic heterocycles. The Morgan fingerprint density at radius 2 is 1.88 bits per heavy atom. The van der Waals surface area contributed by atoms with Crippen LogP contribution in [0.25, 0.3) is 0 Å². The first-order chi connectivity index (χ1) is 11.6. The predicted molar refractivity (Wildman–Crippen MR) is 95.2 cm³/mol. The molecule has 0 unspecified atom stereocenters. The van der Waals surface area contributed by atoms with Crippen molar-refractivity contribution in [3.63, 3.8) is 0 Å². The number of nitrogens with one attached hydrogen (secondary N) is 1. The maximum atomic E-state index is 6.36. The molecule has 0 spiro atoms.